The summed E-state index contributed by atoms with van der Waals surface area (Å²) in [5.41, 5.74) is 11.3. The summed E-state index contributed by atoms with van der Waals surface area (Å²) in [6.07, 6.45) is 2.31. The lowest BCUT2D eigenvalue weighted by Gasteiger charge is -1.98. The molecule has 0 fully saturated rings. The monoisotopic (exact) mass is 138 g/mol. The smallest absolute Gasteiger partial charge is 0.150 e. The van der Waals surface area contributed by atoms with Crippen LogP contribution in [0.25, 0.3) is 0 Å². The highest BCUT2D eigenvalue weighted by Crippen LogP contribution is 2.07. The second-order valence-corrected chi connectivity index (χ2v) is 1.98. The van der Waals surface area contributed by atoms with E-state index in [0.717, 1.165) is 12.2 Å². The van der Waals surface area contributed by atoms with Crippen molar-refractivity contribution in [2.45, 2.75) is 13.3 Å². The first kappa shape index (κ1) is 6.80. The third-order valence-corrected chi connectivity index (χ3v) is 1.21. The maximum absolute atomic E-state index is 5.42. The Kier molecular flexibility index (Phi) is 1.71. The molecule has 0 unspecified atom stereocenters. The molecule has 4 heteroatoms. The van der Waals surface area contributed by atoms with Gasteiger partial charge in [0.05, 0.1) is 11.9 Å². The summed E-state index contributed by atoms with van der Waals surface area (Å²) in [7, 11) is 0. The van der Waals surface area contributed by atoms with Gasteiger partial charge in [0, 0.05) is 6.42 Å². The van der Waals surface area contributed by atoms with Crippen molar-refractivity contribution in [2.75, 3.05) is 11.5 Å². The summed E-state index contributed by atoms with van der Waals surface area (Å²) in [5.74, 6) is 1.10. The van der Waals surface area contributed by atoms with E-state index in [9.17, 15) is 0 Å². The Morgan fingerprint density at radius 2 is 2.20 bits per heavy atom. The first-order valence-electron chi connectivity index (χ1n) is 3.11. The second-order valence-electron chi connectivity index (χ2n) is 1.98. The van der Waals surface area contributed by atoms with Crippen molar-refractivity contribution in [1.82, 2.24) is 9.97 Å². The van der Waals surface area contributed by atoms with E-state index in [-0.39, 0.29) is 0 Å². The molecule has 1 aromatic heterocycles. The van der Waals surface area contributed by atoms with Gasteiger partial charge < -0.3 is 11.5 Å². The average Bonchev–Trinajstić information content (AvgIpc) is 1.95. The third-order valence-electron chi connectivity index (χ3n) is 1.21. The SMILES string of the molecule is CCc1ncc(N)c(N)n1. The molecule has 0 saturated heterocycles. The quantitative estimate of drug-likeness (QED) is 0.581. The molecule has 0 aliphatic heterocycles. The summed E-state index contributed by atoms with van der Waals surface area (Å²) in [6.45, 7) is 1.96. The lowest BCUT2D eigenvalue weighted by atomic mass is 10.4. The van der Waals surface area contributed by atoms with E-state index >= 15 is 0 Å². The zero-order chi connectivity index (χ0) is 7.56. The van der Waals surface area contributed by atoms with E-state index in [4.69, 9.17) is 11.5 Å². The highest BCUT2D eigenvalue weighted by Gasteiger charge is 1.96. The van der Waals surface area contributed by atoms with E-state index in [2.05, 4.69) is 9.97 Å². The molecule has 0 aliphatic rings. The summed E-state index contributed by atoms with van der Waals surface area (Å²) >= 11 is 0. The van der Waals surface area contributed by atoms with Gasteiger partial charge >= 0.3 is 0 Å². The molecule has 0 saturated carbocycles. The van der Waals surface area contributed by atoms with Crippen LogP contribution >= 0.6 is 0 Å². The summed E-state index contributed by atoms with van der Waals surface area (Å²) < 4.78 is 0. The molecule has 4 nitrogen and oxygen atoms in total. The van der Waals surface area contributed by atoms with Gasteiger partial charge in [-0.1, -0.05) is 6.92 Å². The summed E-state index contributed by atoms with van der Waals surface area (Å²) in [5, 5.41) is 0. The molecule has 0 spiro atoms. The maximum atomic E-state index is 5.42. The van der Waals surface area contributed by atoms with Crippen molar-refractivity contribution in [2.24, 2.45) is 0 Å². The van der Waals surface area contributed by atoms with Crippen LogP contribution in [0, 0.1) is 0 Å². The topological polar surface area (TPSA) is 77.8 Å². The Labute approximate surface area is 59.3 Å². The number of nitrogens with two attached hydrogens (primary N) is 2. The molecule has 0 amide bonds. The zero-order valence-corrected chi connectivity index (χ0v) is 5.83. The fraction of sp³-hybridized carbons (Fsp3) is 0.333. The Balaban J connectivity index is 3.04. The van der Waals surface area contributed by atoms with Crippen molar-refractivity contribution in [1.29, 1.82) is 0 Å². The molecule has 4 N–H and O–H groups in total. The molecule has 1 aromatic rings. The molecular formula is C6H10N4. The van der Waals surface area contributed by atoms with Crippen LogP contribution in [0.2, 0.25) is 0 Å². The Hall–Kier alpha value is -1.32. The van der Waals surface area contributed by atoms with E-state index in [1.807, 2.05) is 6.92 Å². The molecule has 0 radical (unpaired) electrons. The highest BCUT2D eigenvalue weighted by atomic mass is 15.0. The number of hydrogen-bond donors (Lipinski definition) is 2. The predicted molar refractivity (Wildman–Crippen MR) is 40.2 cm³/mol. The standard InChI is InChI=1S/C6H10N4/c1-2-5-9-3-4(7)6(8)10-5/h3H,2,7H2,1H3,(H2,8,9,10). The van der Waals surface area contributed by atoms with Gasteiger partial charge in [-0.3, -0.25) is 0 Å². The van der Waals surface area contributed by atoms with Gasteiger partial charge in [-0.25, -0.2) is 9.97 Å². The number of rotatable bonds is 1. The van der Waals surface area contributed by atoms with Gasteiger partial charge in [0.1, 0.15) is 11.6 Å². The van der Waals surface area contributed by atoms with Crippen LogP contribution in [0.1, 0.15) is 12.7 Å². The summed E-state index contributed by atoms with van der Waals surface area (Å²) in [4.78, 5) is 7.87. The first-order chi connectivity index (χ1) is 4.74. The number of aryl methyl sites for hydroxylation is 1. The van der Waals surface area contributed by atoms with Crippen LogP contribution in [0.5, 0.6) is 0 Å². The van der Waals surface area contributed by atoms with Crippen LogP contribution in [-0.4, -0.2) is 9.97 Å². The van der Waals surface area contributed by atoms with Gasteiger partial charge in [-0.15, -0.1) is 0 Å². The molecule has 54 valence electrons. The van der Waals surface area contributed by atoms with Crippen LogP contribution < -0.4 is 11.5 Å². The number of anilines is 2. The van der Waals surface area contributed by atoms with Crippen molar-refractivity contribution in [3.05, 3.63) is 12.0 Å². The minimum absolute atomic E-state index is 0.367. The largest absolute Gasteiger partial charge is 0.394 e. The van der Waals surface area contributed by atoms with Gasteiger partial charge in [0.2, 0.25) is 0 Å². The minimum Gasteiger partial charge on any atom is -0.394 e. The molecule has 0 aliphatic carbocycles. The average molecular weight is 138 g/mol. The Morgan fingerprint density at radius 3 is 2.70 bits per heavy atom. The van der Waals surface area contributed by atoms with E-state index in [1.165, 1.54) is 6.20 Å². The highest BCUT2D eigenvalue weighted by molar-refractivity contribution is 5.55. The number of aromatic nitrogens is 2. The van der Waals surface area contributed by atoms with Gasteiger partial charge in [-0.05, 0) is 0 Å². The lowest BCUT2D eigenvalue weighted by Crippen LogP contribution is -2.02. The Bertz CT molecular complexity index is 233. The van der Waals surface area contributed by atoms with Gasteiger partial charge in [0.15, 0.2) is 0 Å². The van der Waals surface area contributed by atoms with Crippen LogP contribution in [-0.2, 0) is 6.42 Å². The van der Waals surface area contributed by atoms with E-state index < -0.39 is 0 Å². The van der Waals surface area contributed by atoms with Crippen molar-refractivity contribution in [3.8, 4) is 0 Å². The molecule has 1 rings (SSSR count). The number of nitrogens with zero attached hydrogens (tertiary/aromatic N) is 2. The van der Waals surface area contributed by atoms with Crippen molar-refractivity contribution < 1.29 is 0 Å². The van der Waals surface area contributed by atoms with Crippen LogP contribution in [0.3, 0.4) is 0 Å². The zero-order valence-electron chi connectivity index (χ0n) is 5.83. The van der Waals surface area contributed by atoms with Crippen molar-refractivity contribution in [3.63, 3.8) is 0 Å². The molecule has 0 bridgehead atoms. The number of hydrogen-bond acceptors (Lipinski definition) is 4. The predicted octanol–water partition coefficient (Wildman–Crippen LogP) is 0.203. The minimum atomic E-state index is 0.367. The maximum Gasteiger partial charge on any atom is 0.150 e. The van der Waals surface area contributed by atoms with Crippen LogP contribution in [0.15, 0.2) is 6.20 Å². The fourth-order valence-electron chi connectivity index (χ4n) is 0.613. The second kappa shape index (κ2) is 2.51. The molecule has 1 heterocycles. The molecule has 0 aromatic carbocycles. The first-order valence-corrected chi connectivity index (χ1v) is 3.11. The third kappa shape index (κ3) is 1.15. The van der Waals surface area contributed by atoms with Crippen molar-refractivity contribution >= 4 is 11.5 Å². The fourth-order valence-corrected chi connectivity index (χ4v) is 0.613. The van der Waals surface area contributed by atoms with Crippen LogP contribution in [0.4, 0.5) is 11.5 Å². The summed E-state index contributed by atoms with van der Waals surface area (Å²) in [6, 6.07) is 0. The molecular weight excluding hydrogens is 128 g/mol. The van der Waals surface area contributed by atoms with Gasteiger partial charge in [0.25, 0.3) is 0 Å². The molecule has 0 atom stereocenters. The Morgan fingerprint density at radius 1 is 1.50 bits per heavy atom. The lowest BCUT2D eigenvalue weighted by molar-refractivity contribution is 0.947. The van der Waals surface area contributed by atoms with Gasteiger partial charge in [-0.2, -0.15) is 0 Å². The molecule has 10 heavy (non-hydrogen) atoms. The van der Waals surface area contributed by atoms with E-state index in [1.54, 1.807) is 0 Å². The normalized spacial score (nSPS) is 9.70. The van der Waals surface area contributed by atoms with E-state index in [0.29, 0.717) is 11.5 Å². The number of nitrogen functional groups attached to an aromatic ring is 2.